The normalized spacial score (nSPS) is 26.2. The SMILES string of the molecule is CC1CCCC(C(N)C(C)(C)c2ccc(F)cc2)C1. The van der Waals surface area contributed by atoms with Crippen molar-refractivity contribution >= 4 is 0 Å². The van der Waals surface area contributed by atoms with Crippen LogP contribution in [-0.4, -0.2) is 6.04 Å². The molecule has 2 heteroatoms. The molecule has 0 bridgehead atoms. The van der Waals surface area contributed by atoms with Gasteiger partial charge in [0, 0.05) is 11.5 Å². The molecule has 0 radical (unpaired) electrons. The van der Waals surface area contributed by atoms with E-state index in [0.29, 0.717) is 5.92 Å². The van der Waals surface area contributed by atoms with Crippen LogP contribution in [0.25, 0.3) is 0 Å². The van der Waals surface area contributed by atoms with E-state index in [9.17, 15) is 4.39 Å². The first-order valence-corrected chi connectivity index (χ1v) is 7.43. The third-order valence-corrected chi connectivity index (χ3v) is 4.91. The lowest BCUT2D eigenvalue weighted by atomic mass is 9.67. The second-order valence-corrected chi connectivity index (χ2v) is 6.79. The summed E-state index contributed by atoms with van der Waals surface area (Å²) in [5.74, 6) is 1.19. The molecule has 1 fully saturated rings. The van der Waals surface area contributed by atoms with Crippen molar-refractivity contribution < 1.29 is 4.39 Å². The van der Waals surface area contributed by atoms with Crippen LogP contribution in [0, 0.1) is 17.7 Å². The lowest BCUT2D eigenvalue weighted by Gasteiger charge is -2.40. The smallest absolute Gasteiger partial charge is 0.123 e. The highest BCUT2D eigenvalue weighted by Gasteiger charge is 2.35. The number of hydrogen-bond acceptors (Lipinski definition) is 1. The number of nitrogens with two attached hydrogens (primary N) is 1. The van der Waals surface area contributed by atoms with E-state index >= 15 is 0 Å². The molecule has 0 amide bonds. The summed E-state index contributed by atoms with van der Waals surface area (Å²) >= 11 is 0. The zero-order valence-corrected chi connectivity index (χ0v) is 12.3. The second-order valence-electron chi connectivity index (χ2n) is 6.79. The third kappa shape index (κ3) is 3.17. The van der Waals surface area contributed by atoms with Crippen LogP contribution in [0.2, 0.25) is 0 Å². The van der Waals surface area contributed by atoms with E-state index in [-0.39, 0.29) is 17.3 Å². The molecule has 3 atom stereocenters. The Balaban J connectivity index is 2.15. The van der Waals surface area contributed by atoms with E-state index in [2.05, 4.69) is 20.8 Å². The molecule has 0 heterocycles. The van der Waals surface area contributed by atoms with E-state index in [1.165, 1.54) is 37.8 Å². The maximum atomic E-state index is 13.1. The summed E-state index contributed by atoms with van der Waals surface area (Å²) in [5.41, 5.74) is 7.60. The highest BCUT2D eigenvalue weighted by molar-refractivity contribution is 5.26. The monoisotopic (exact) mass is 263 g/mol. The molecule has 0 aromatic heterocycles. The molecule has 3 unspecified atom stereocenters. The quantitative estimate of drug-likeness (QED) is 0.866. The number of hydrogen-bond donors (Lipinski definition) is 1. The first-order valence-electron chi connectivity index (χ1n) is 7.43. The maximum absolute atomic E-state index is 13.1. The van der Waals surface area contributed by atoms with Gasteiger partial charge in [0.2, 0.25) is 0 Å². The summed E-state index contributed by atoms with van der Waals surface area (Å²) in [4.78, 5) is 0. The molecule has 19 heavy (non-hydrogen) atoms. The average molecular weight is 263 g/mol. The molecule has 1 aromatic carbocycles. The van der Waals surface area contributed by atoms with Gasteiger partial charge in [0.1, 0.15) is 5.82 Å². The highest BCUT2D eigenvalue weighted by atomic mass is 19.1. The fraction of sp³-hybridized carbons (Fsp3) is 0.647. The zero-order chi connectivity index (χ0) is 14.0. The van der Waals surface area contributed by atoms with E-state index in [4.69, 9.17) is 5.73 Å². The minimum Gasteiger partial charge on any atom is -0.327 e. The first kappa shape index (κ1) is 14.5. The van der Waals surface area contributed by atoms with E-state index in [1.54, 1.807) is 0 Å². The fourth-order valence-electron chi connectivity index (χ4n) is 3.47. The molecular formula is C17H26FN. The van der Waals surface area contributed by atoms with E-state index in [1.807, 2.05) is 12.1 Å². The summed E-state index contributed by atoms with van der Waals surface area (Å²) < 4.78 is 13.1. The van der Waals surface area contributed by atoms with Crippen molar-refractivity contribution in [1.82, 2.24) is 0 Å². The predicted molar refractivity (Wildman–Crippen MR) is 78.5 cm³/mol. The van der Waals surface area contributed by atoms with Crippen molar-refractivity contribution in [3.8, 4) is 0 Å². The molecule has 1 aromatic rings. The number of halogens is 1. The van der Waals surface area contributed by atoms with Crippen LogP contribution in [0.3, 0.4) is 0 Å². The first-order chi connectivity index (χ1) is 8.91. The van der Waals surface area contributed by atoms with E-state index < -0.39 is 0 Å². The van der Waals surface area contributed by atoms with Crippen LogP contribution in [-0.2, 0) is 5.41 Å². The van der Waals surface area contributed by atoms with Gasteiger partial charge in [-0.25, -0.2) is 4.39 Å². The van der Waals surface area contributed by atoms with Crippen molar-refractivity contribution in [2.75, 3.05) is 0 Å². The van der Waals surface area contributed by atoms with Crippen molar-refractivity contribution in [2.45, 2.75) is 57.9 Å². The van der Waals surface area contributed by atoms with Gasteiger partial charge in [0.25, 0.3) is 0 Å². The molecule has 2 rings (SSSR count). The molecule has 1 nitrogen and oxygen atoms in total. The summed E-state index contributed by atoms with van der Waals surface area (Å²) in [5, 5.41) is 0. The van der Waals surface area contributed by atoms with Crippen LogP contribution in [0.5, 0.6) is 0 Å². The standard InChI is InChI=1S/C17H26FN/c1-12-5-4-6-13(11-12)16(19)17(2,3)14-7-9-15(18)10-8-14/h7-10,12-13,16H,4-6,11,19H2,1-3H3. The molecule has 0 saturated heterocycles. The third-order valence-electron chi connectivity index (χ3n) is 4.91. The van der Waals surface area contributed by atoms with Crippen LogP contribution in [0.1, 0.15) is 52.0 Å². The molecule has 106 valence electrons. The Morgan fingerprint density at radius 2 is 1.84 bits per heavy atom. The lowest BCUT2D eigenvalue weighted by molar-refractivity contribution is 0.198. The molecule has 0 aliphatic heterocycles. The molecule has 1 aliphatic rings. The van der Waals surface area contributed by atoms with Gasteiger partial charge in [-0.15, -0.1) is 0 Å². The van der Waals surface area contributed by atoms with Gasteiger partial charge in [-0.2, -0.15) is 0 Å². The molecular weight excluding hydrogens is 237 g/mol. The van der Waals surface area contributed by atoms with E-state index in [0.717, 1.165) is 11.5 Å². The van der Waals surface area contributed by atoms with Crippen LogP contribution in [0.15, 0.2) is 24.3 Å². The Morgan fingerprint density at radius 1 is 1.21 bits per heavy atom. The van der Waals surface area contributed by atoms with Crippen molar-refractivity contribution in [2.24, 2.45) is 17.6 Å². The van der Waals surface area contributed by atoms with Gasteiger partial charge < -0.3 is 5.73 Å². The van der Waals surface area contributed by atoms with Gasteiger partial charge >= 0.3 is 0 Å². The Morgan fingerprint density at radius 3 is 2.42 bits per heavy atom. The Labute approximate surface area is 116 Å². The van der Waals surface area contributed by atoms with Gasteiger partial charge in [-0.05, 0) is 42.4 Å². The number of rotatable bonds is 3. The van der Waals surface area contributed by atoms with Crippen LogP contribution in [0.4, 0.5) is 4.39 Å². The van der Waals surface area contributed by atoms with Crippen molar-refractivity contribution in [1.29, 1.82) is 0 Å². The summed E-state index contributed by atoms with van der Waals surface area (Å²) in [6, 6.07) is 6.96. The second kappa shape index (κ2) is 5.62. The topological polar surface area (TPSA) is 26.0 Å². The maximum Gasteiger partial charge on any atom is 0.123 e. The molecule has 1 aliphatic carbocycles. The minimum absolute atomic E-state index is 0.102. The number of benzene rings is 1. The summed E-state index contributed by atoms with van der Waals surface area (Å²) in [6.07, 6.45) is 5.08. The van der Waals surface area contributed by atoms with Crippen molar-refractivity contribution in [3.05, 3.63) is 35.6 Å². The summed E-state index contributed by atoms with van der Waals surface area (Å²) in [7, 11) is 0. The van der Waals surface area contributed by atoms with Crippen LogP contribution < -0.4 is 5.73 Å². The van der Waals surface area contributed by atoms with Gasteiger partial charge in [0.05, 0.1) is 0 Å². The molecule has 1 saturated carbocycles. The Hall–Kier alpha value is -0.890. The average Bonchev–Trinajstić information content (AvgIpc) is 2.38. The van der Waals surface area contributed by atoms with Gasteiger partial charge in [-0.1, -0.05) is 45.7 Å². The predicted octanol–water partition coefficient (Wildman–Crippen LogP) is 4.26. The largest absolute Gasteiger partial charge is 0.327 e. The zero-order valence-electron chi connectivity index (χ0n) is 12.3. The van der Waals surface area contributed by atoms with Gasteiger partial charge in [-0.3, -0.25) is 0 Å². The fourth-order valence-corrected chi connectivity index (χ4v) is 3.47. The Kier molecular flexibility index (Phi) is 4.29. The highest BCUT2D eigenvalue weighted by Crippen LogP contribution is 2.37. The van der Waals surface area contributed by atoms with Gasteiger partial charge in [0.15, 0.2) is 0 Å². The minimum atomic E-state index is -0.181. The van der Waals surface area contributed by atoms with Crippen LogP contribution >= 0.6 is 0 Å². The van der Waals surface area contributed by atoms with Crippen molar-refractivity contribution in [3.63, 3.8) is 0 Å². The Bertz CT molecular complexity index is 410. The lowest BCUT2D eigenvalue weighted by Crippen LogP contribution is -2.47. The molecule has 2 N–H and O–H groups in total. The summed E-state index contributed by atoms with van der Waals surface area (Å²) in [6.45, 7) is 6.69. The molecule has 0 spiro atoms.